The van der Waals surface area contributed by atoms with Crippen LogP contribution in [0.4, 0.5) is 0 Å². The summed E-state index contributed by atoms with van der Waals surface area (Å²) in [4.78, 5) is 8.73. The Labute approximate surface area is 204 Å². The van der Waals surface area contributed by atoms with E-state index in [4.69, 9.17) is 0 Å². The van der Waals surface area contributed by atoms with Gasteiger partial charge in [0.15, 0.2) is 0 Å². The molecule has 0 fully saturated rings. The monoisotopic (exact) mass is 552 g/mol. The second-order valence-corrected chi connectivity index (χ2v) is 8.21. The van der Waals surface area contributed by atoms with E-state index in [1.807, 2.05) is 0 Å². The van der Waals surface area contributed by atoms with E-state index in [9.17, 15) is 10.2 Å². The third kappa shape index (κ3) is 10.1. The highest BCUT2D eigenvalue weighted by molar-refractivity contribution is 8.93. The number of rotatable bonds is 12. The molecule has 0 atom stereocenters. The van der Waals surface area contributed by atoms with Crippen molar-refractivity contribution in [3.63, 3.8) is 0 Å². The fraction of sp³-hybridized carbons (Fsp3) is 0.727. The summed E-state index contributed by atoms with van der Waals surface area (Å²) in [5.74, 6) is -0.409. The molecule has 1 rings (SSSR count). The first kappa shape index (κ1) is 31.5. The highest BCUT2D eigenvalue weighted by Crippen LogP contribution is 2.09. The van der Waals surface area contributed by atoms with Gasteiger partial charge in [0, 0.05) is 37.4 Å². The van der Waals surface area contributed by atoms with Gasteiger partial charge in [-0.05, 0) is 39.8 Å². The van der Waals surface area contributed by atoms with Gasteiger partial charge in [0.2, 0.25) is 0 Å². The van der Waals surface area contributed by atoms with E-state index < -0.39 is 0 Å². The van der Waals surface area contributed by atoms with Gasteiger partial charge < -0.3 is 19.2 Å². The molecule has 0 bridgehead atoms. The van der Waals surface area contributed by atoms with Crippen LogP contribution in [-0.2, 0) is 0 Å². The summed E-state index contributed by atoms with van der Waals surface area (Å²) in [5.41, 5.74) is 0.541. The van der Waals surface area contributed by atoms with E-state index in [0.717, 1.165) is 61.1 Å². The lowest BCUT2D eigenvalue weighted by Gasteiger charge is -2.32. The standard InChI is InChI=1S/C22H40N4O2.2BrH/c1-7-25(5,8-2)15-11-13-23-19-17-22(28)20(18-21(19)27)24-14-12-16-26(6,9-3)10-4;;/h17-18H,7-16H2,1-6H3;2*1H. The molecule has 0 N–H and O–H groups in total. The lowest BCUT2D eigenvalue weighted by molar-refractivity contribution is -0.906. The van der Waals surface area contributed by atoms with Crippen LogP contribution < -0.4 is 10.2 Å². The van der Waals surface area contributed by atoms with E-state index in [-0.39, 0.29) is 56.9 Å². The first-order valence-corrected chi connectivity index (χ1v) is 10.8. The molecular formula is C22H42Br2N4O2. The largest absolute Gasteiger partial charge is 0.871 e. The number of halogens is 2. The number of allylic oxidation sites excluding steroid dienone is 2. The van der Waals surface area contributed by atoms with Gasteiger partial charge in [-0.15, -0.1) is 34.0 Å². The molecule has 8 heteroatoms. The molecule has 0 radical (unpaired) electrons. The van der Waals surface area contributed by atoms with Crippen LogP contribution in [0.25, 0.3) is 0 Å². The predicted octanol–water partition coefficient (Wildman–Crippen LogP) is 2.28. The zero-order valence-electron chi connectivity index (χ0n) is 19.6. The van der Waals surface area contributed by atoms with Crippen molar-refractivity contribution in [3.05, 3.63) is 23.7 Å². The molecule has 0 unspecified atom stereocenters. The first-order valence-electron chi connectivity index (χ1n) is 10.8. The molecule has 0 aliphatic heterocycles. The molecule has 0 aromatic rings. The molecule has 0 aromatic carbocycles. The van der Waals surface area contributed by atoms with Crippen molar-refractivity contribution in [3.8, 4) is 0 Å². The maximum absolute atomic E-state index is 12.3. The number of nitrogens with zero attached hydrogens (tertiary/aromatic N) is 4. The third-order valence-corrected chi connectivity index (χ3v) is 6.37. The lowest BCUT2D eigenvalue weighted by Crippen LogP contribution is -2.44. The first-order chi connectivity index (χ1) is 13.2. The van der Waals surface area contributed by atoms with Crippen LogP contribution in [0.2, 0.25) is 0 Å². The molecule has 0 heterocycles. The highest BCUT2D eigenvalue weighted by atomic mass is 79.9. The summed E-state index contributed by atoms with van der Waals surface area (Å²) in [6, 6.07) is 0. The minimum Gasteiger partial charge on any atom is -0.871 e. The van der Waals surface area contributed by atoms with Crippen LogP contribution in [0.1, 0.15) is 40.5 Å². The Balaban J connectivity index is 0. The Morgan fingerprint density at radius 1 is 0.667 bits per heavy atom. The number of aliphatic imine (C=N–C) groups is 2. The van der Waals surface area contributed by atoms with Gasteiger partial charge >= 0.3 is 0 Å². The fourth-order valence-corrected chi connectivity index (χ4v) is 3.17. The van der Waals surface area contributed by atoms with Crippen LogP contribution in [-0.4, -0.2) is 86.8 Å². The summed E-state index contributed by atoms with van der Waals surface area (Å²) < 4.78 is 2.00. The molecule has 1 aliphatic rings. The smallest absolute Gasteiger partial charge is 0.0802 e. The maximum Gasteiger partial charge on any atom is 0.0802 e. The van der Waals surface area contributed by atoms with E-state index in [1.165, 1.54) is 12.2 Å². The minimum absolute atomic E-state index is 0. The summed E-state index contributed by atoms with van der Waals surface area (Å²) in [6.45, 7) is 16.3. The van der Waals surface area contributed by atoms with E-state index in [1.54, 1.807) is 0 Å². The summed E-state index contributed by atoms with van der Waals surface area (Å²) in [5, 5.41) is 24.6. The molecule has 0 aromatic heterocycles. The topological polar surface area (TPSA) is 70.8 Å². The van der Waals surface area contributed by atoms with Crippen molar-refractivity contribution >= 4 is 45.4 Å². The predicted molar refractivity (Wildman–Crippen MR) is 135 cm³/mol. The second kappa shape index (κ2) is 15.2. The van der Waals surface area contributed by atoms with Gasteiger partial charge in [-0.3, -0.25) is 9.98 Å². The van der Waals surface area contributed by atoms with Crippen molar-refractivity contribution in [1.82, 2.24) is 0 Å². The van der Waals surface area contributed by atoms with Crippen LogP contribution in [0, 0.1) is 0 Å². The van der Waals surface area contributed by atoms with Crippen molar-refractivity contribution in [2.75, 3.05) is 66.5 Å². The van der Waals surface area contributed by atoms with Gasteiger partial charge in [0.05, 0.1) is 53.4 Å². The second-order valence-electron chi connectivity index (χ2n) is 8.21. The molecule has 0 saturated carbocycles. The van der Waals surface area contributed by atoms with Gasteiger partial charge in [-0.1, -0.05) is 11.5 Å². The maximum atomic E-state index is 12.3. The number of quaternary nitrogens is 2. The van der Waals surface area contributed by atoms with Crippen LogP contribution in [0.15, 0.2) is 33.7 Å². The van der Waals surface area contributed by atoms with Crippen LogP contribution >= 0.6 is 34.0 Å². The third-order valence-electron chi connectivity index (χ3n) is 6.37. The Kier molecular flexibility index (Phi) is 15.9. The van der Waals surface area contributed by atoms with Gasteiger partial charge in [-0.2, -0.15) is 0 Å². The Morgan fingerprint density at radius 3 is 1.23 bits per heavy atom. The highest BCUT2D eigenvalue weighted by Gasteiger charge is 2.16. The molecule has 176 valence electrons. The average molecular weight is 554 g/mol. The quantitative estimate of drug-likeness (QED) is 0.211. The Hall–Kier alpha value is -0.700. The molecule has 0 spiro atoms. The van der Waals surface area contributed by atoms with Crippen molar-refractivity contribution in [1.29, 1.82) is 0 Å². The average Bonchev–Trinajstić information content (AvgIpc) is 2.70. The van der Waals surface area contributed by atoms with Crippen LogP contribution in [0.5, 0.6) is 0 Å². The number of hydrogen-bond donors (Lipinski definition) is 0. The van der Waals surface area contributed by atoms with Crippen LogP contribution in [0.3, 0.4) is 0 Å². The van der Waals surface area contributed by atoms with Crippen molar-refractivity contribution in [2.24, 2.45) is 9.98 Å². The summed E-state index contributed by atoms with van der Waals surface area (Å²) in [6.07, 6.45) is 4.52. The molecular weight excluding hydrogens is 512 g/mol. The van der Waals surface area contributed by atoms with E-state index >= 15 is 0 Å². The molecule has 6 nitrogen and oxygen atoms in total. The SMILES string of the molecule is Br.Br.CC[N+](C)(CC)CCCN=C1C=C([O-])C(=NCCC[N+](C)(CC)CC)C=C1[O-]. The lowest BCUT2D eigenvalue weighted by atomic mass is 10.1. The zero-order valence-corrected chi connectivity index (χ0v) is 23.1. The van der Waals surface area contributed by atoms with Crippen molar-refractivity contribution < 1.29 is 19.2 Å². The fourth-order valence-electron chi connectivity index (χ4n) is 3.17. The summed E-state index contributed by atoms with van der Waals surface area (Å²) in [7, 11) is 4.46. The van der Waals surface area contributed by atoms with Gasteiger partial charge in [-0.25, -0.2) is 0 Å². The van der Waals surface area contributed by atoms with Gasteiger partial charge in [0.1, 0.15) is 0 Å². The van der Waals surface area contributed by atoms with Gasteiger partial charge in [0.25, 0.3) is 0 Å². The van der Waals surface area contributed by atoms with E-state index in [2.05, 4.69) is 51.8 Å². The zero-order chi connectivity index (χ0) is 21.2. The molecule has 0 amide bonds. The molecule has 1 aliphatic carbocycles. The Morgan fingerprint density at radius 2 is 0.967 bits per heavy atom. The molecule has 0 saturated heterocycles. The normalized spacial score (nSPS) is 17.3. The van der Waals surface area contributed by atoms with Crippen molar-refractivity contribution in [2.45, 2.75) is 40.5 Å². The van der Waals surface area contributed by atoms with E-state index in [0.29, 0.717) is 13.1 Å². The minimum atomic E-state index is -0.204. The molecule has 30 heavy (non-hydrogen) atoms. The Bertz CT molecular complexity index is 569. The summed E-state index contributed by atoms with van der Waals surface area (Å²) >= 11 is 0. The number of hydrogen-bond acceptors (Lipinski definition) is 4.